The van der Waals surface area contributed by atoms with Crippen LogP contribution >= 0.6 is 0 Å². The van der Waals surface area contributed by atoms with Gasteiger partial charge in [0, 0.05) is 12.6 Å². The van der Waals surface area contributed by atoms with Crippen LogP contribution in [0.25, 0.3) is 0 Å². The summed E-state index contributed by atoms with van der Waals surface area (Å²) in [5.74, 6) is -1.07. The standard InChI is InChI=1S/C15H27NO3/c1-12(15(18)19)10-16(11-13(2)17)14-8-6-4-3-5-7-9-14/h12,14H,3-11H2,1-2H3,(H,18,19). The maximum absolute atomic E-state index is 11.4. The van der Waals surface area contributed by atoms with E-state index in [1.165, 1.54) is 32.1 Å². The monoisotopic (exact) mass is 269 g/mol. The number of carboxylic acids is 1. The average Bonchev–Trinajstić information content (AvgIpc) is 2.26. The van der Waals surface area contributed by atoms with Crippen LogP contribution in [0.2, 0.25) is 0 Å². The highest BCUT2D eigenvalue weighted by atomic mass is 16.4. The molecular weight excluding hydrogens is 242 g/mol. The number of Topliss-reactive ketones (excluding diaryl/α,β-unsaturated/α-hetero) is 1. The van der Waals surface area contributed by atoms with Crippen LogP contribution in [0, 0.1) is 5.92 Å². The molecule has 1 aliphatic rings. The van der Waals surface area contributed by atoms with E-state index in [0.29, 0.717) is 19.1 Å². The summed E-state index contributed by atoms with van der Waals surface area (Å²) >= 11 is 0. The number of carbonyl (C=O) groups is 2. The third kappa shape index (κ3) is 6.19. The van der Waals surface area contributed by atoms with Crippen molar-refractivity contribution in [3.63, 3.8) is 0 Å². The molecule has 1 unspecified atom stereocenters. The Bertz CT molecular complexity index is 296. The van der Waals surface area contributed by atoms with Crippen molar-refractivity contribution in [1.29, 1.82) is 0 Å². The molecule has 0 aliphatic heterocycles. The Balaban J connectivity index is 2.64. The zero-order chi connectivity index (χ0) is 14.3. The van der Waals surface area contributed by atoms with Crippen LogP contribution in [0.3, 0.4) is 0 Å². The first kappa shape index (κ1) is 16.2. The van der Waals surface area contributed by atoms with Crippen molar-refractivity contribution in [2.45, 2.75) is 64.8 Å². The van der Waals surface area contributed by atoms with E-state index < -0.39 is 11.9 Å². The number of aliphatic carboxylic acids is 1. The van der Waals surface area contributed by atoms with Gasteiger partial charge >= 0.3 is 5.97 Å². The first-order valence-corrected chi connectivity index (χ1v) is 7.47. The molecule has 1 atom stereocenters. The molecule has 0 spiro atoms. The van der Waals surface area contributed by atoms with Crippen molar-refractivity contribution < 1.29 is 14.7 Å². The fourth-order valence-electron chi connectivity index (χ4n) is 2.86. The van der Waals surface area contributed by atoms with E-state index in [2.05, 4.69) is 4.90 Å². The van der Waals surface area contributed by atoms with Crippen LogP contribution in [0.15, 0.2) is 0 Å². The Morgan fingerprint density at radius 1 is 1.16 bits per heavy atom. The molecule has 0 saturated heterocycles. The molecule has 0 bridgehead atoms. The van der Waals surface area contributed by atoms with Crippen LogP contribution in [-0.2, 0) is 9.59 Å². The van der Waals surface area contributed by atoms with Crippen LogP contribution in [0.4, 0.5) is 0 Å². The van der Waals surface area contributed by atoms with Crippen LogP contribution in [-0.4, -0.2) is 40.9 Å². The van der Waals surface area contributed by atoms with Gasteiger partial charge in [0.25, 0.3) is 0 Å². The molecule has 0 amide bonds. The summed E-state index contributed by atoms with van der Waals surface area (Å²) in [5, 5.41) is 9.05. The summed E-state index contributed by atoms with van der Waals surface area (Å²) < 4.78 is 0. The molecule has 4 nitrogen and oxygen atoms in total. The first-order valence-electron chi connectivity index (χ1n) is 7.47. The van der Waals surface area contributed by atoms with Gasteiger partial charge in [-0.3, -0.25) is 14.5 Å². The van der Waals surface area contributed by atoms with Crippen molar-refractivity contribution in [3.8, 4) is 0 Å². The second-order valence-electron chi connectivity index (χ2n) is 5.87. The highest BCUT2D eigenvalue weighted by Crippen LogP contribution is 2.22. The lowest BCUT2D eigenvalue weighted by Crippen LogP contribution is -2.42. The van der Waals surface area contributed by atoms with E-state index >= 15 is 0 Å². The average molecular weight is 269 g/mol. The van der Waals surface area contributed by atoms with E-state index in [0.717, 1.165) is 12.8 Å². The summed E-state index contributed by atoms with van der Waals surface area (Å²) in [4.78, 5) is 24.5. The number of nitrogens with zero attached hydrogens (tertiary/aromatic N) is 1. The van der Waals surface area contributed by atoms with E-state index in [-0.39, 0.29) is 5.78 Å². The number of hydrogen-bond donors (Lipinski definition) is 1. The topological polar surface area (TPSA) is 57.6 Å². The Morgan fingerprint density at radius 3 is 2.16 bits per heavy atom. The predicted molar refractivity (Wildman–Crippen MR) is 75.2 cm³/mol. The van der Waals surface area contributed by atoms with Crippen LogP contribution in [0.1, 0.15) is 58.8 Å². The number of hydrogen-bond acceptors (Lipinski definition) is 3. The van der Waals surface area contributed by atoms with Gasteiger partial charge in [-0.05, 0) is 19.8 Å². The third-order valence-corrected chi connectivity index (χ3v) is 3.95. The molecule has 1 N–H and O–H groups in total. The van der Waals surface area contributed by atoms with Crippen molar-refractivity contribution in [2.24, 2.45) is 5.92 Å². The molecule has 4 heteroatoms. The lowest BCUT2D eigenvalue weighted by atomic mass is 9.94. The van der Waals surface area contributed by atoms with Gasteiger partial charge in [-0.1, -0.05) is 39.0 Å². The first-order chi connectivity index (χ1) is 9.00. The van der Waals surface area contributed by atoms with Crippen LogP contribution in [0.5, 0.6) is 0 Å². The molecule has 0 heterocycles. The largest absolute Gasteiger partial charge is 0.481 e. The van der Waals surface area contributed by atoms with E-state index in [1.807, 2.05) is 0 Å². The molecular formula is C15H27NO3. The molecule has 1 fully saturated rings. The maximum atomic E-state index is 11.4. The van der Waals surface area contributed by atoms with Crippen molar-refractivity contribution in [1.82, 2.24) is 4.90 Å². The Kier molecular flexibility index (Phi) is 7.06. The van der Waals surface area contributed by atoms with Crippen LogP contribution < -0.4 is 0 Å². The molecule has 0 aromatic heterocycles. The van der Waals surface area contributed by atoms with Gasteiger partial charge in [0.05, 0.1) is 12.5 Å². The van der Waals surface area contributed by atoms with E-state index in [4.69, 9.17) is 5.11 Å². The van der Waals surface area contributed by atoms with Gasteiger partial charge in [0.2, 0.25) is 0 Å². The molecule has 110 valence electrons. The van der Waals surface area contributed by atoms with Gasteiger partial charge in [0.15, 0.2) is 0 Å². The molecule has 1 saturated carbocycles. The summed E-state index contributed by atoms with van der Waals surface area (Å²) in [6, 6.07) is 0.381. The summed E-state index contributed by atoms with van der Waals surface area (Å²) in [6.07, 6.45) is 8.42. The van der Waals surface area contributed by atoms with Gasteiger partial charge < -0.3 is 5.11 Å². The molecule has 19 heavy (non-hydrogen) atoms. The molecule has 0 radical (unpaired) electrons. The SMILES string of the molecule is CC(=O)CN(CC(C)C(=O)O)C1CCCCCCC1. The lowest BCUT2D eigenvalue weighted by molar-refractivity contribution is -0.142. The number of ketones is 1. The quantitative estimate of drug-likeness (QED) is 0.805. The fraction of sp³-hybridized carbons (Fsp3) is 0.867. The van der Waals surface area contributed by atoms with Crippen molar-refractivity contribution in [2.75, 3.05) is 13.1 Å². The van der Waals surface area contributed by atoms with Crippen molar-refractivity contribution >= 4 is 11.8 Å². The summed E-state index contributed by atoms with van der Waals surface area (Å²) in [6.45, 7) is 4.18. The summed E-state index contributed by atoms with van der Waals surface area (Å²) in [5.41, 5.74) is 0. The fourth-order valence-corrected chi connectivity index (χ4v) is 2.86. The maximum Gasteiger partial charge on any atom is 0.307 e. The minimum atomic E-state index is -0.778. The second-order valence-corrected chi connectivity index (χ2v) is 5.87. The normalized spacial score (nSPS) is 19.7. The highest BCUT2D eigenvalue weighted by Gasteiger charge is 2.24. The number of rotatable bonds is 6. The minimum Gasteiger partial charge on any atom is -0.481 e. The third-order valence-electron chi connectivity index (χ3n) is 3.95. The van der Waals surface area contributed by atoms with E-state index in [1.54, 1.807) is 13.8 Å². The van der Waals surface area contributed by atoms with Gasteiger partial charge in [-0.15, -0.1) is 0 Å². The Hall–Kier alpha value is -0.900. The summed E-state index contributed by atoms with van der Waals surface area (Å²) in [7, 11) is 0. The van der Waals surface area contributed by atoms with Gasteiger partial charge in [-0.25, -0.2) is 0 Å². The highest BCUT2D eigenvalue weighted by molar-refractivity contribution is 5.77. The molecule has 1 aliphatic carbocycles. The van der Waals surface area contributed by atoms with Crippen molar-refractivity contribution in [3.05, 3.63) is 0 Å². The Labute approximate surface area is 116 Å². The molecule has 0 aromatic rings. The zero-order valence-corrected chi connectivity index (χ0v) is 12.2. The minimum absolute atomic E-state index is 0.125. The number of carbonyl (C=O) groups excluding carboxylic acids is 1. The zero-order valence-electron chi connectivity index (χ0n) is 12.2. The second kappa shape index (κ2) is 8.31. The Morgan fingerprint density at radius 2 is 1.68 bits per heavy atom. The van der Waals surface area contributed by atoms with E-state index in [9.17, 15) is 9.59 Å². The van der Waals surface area contributed by atoms with Gasteiger partial charge in [0.1, 0.15) is 5.78 Å². The molecule has 0 aromatic carbocycles. The number of carboxylic acid groups (broad SMARTS) is 1. The van der Waals surface area contributed by atoms with Gasteiger partial charge in [-0.2, -0.15) is 0 Å². The predicted octanol–water partition coefficient (Wildman–Crippen LogP) is 2.71. The molecule has 1 rings (SSSR count). The lowest BCUT2D eigenvalue weighted by Gasteiger charge is -2.33. The smallest absolute Gasteiger partial charge is 0.307 e.